The summed E-state index contributed by atoms with van der Waals surface area (Å²) in [6, 6.07) is 7.22. The van der Waals surface area contributed by atoms with Crippen molar-refractivity contribution in [1.82, 2.24) is 0 Å². The lowest BCUT2D eigenvalue weighted by molar-refractivity contribution is -0.104. The first-order valence-corrected chi connectivity index (χ1v) is 2.97. The molecule has 0 amide bonds. The fourth-order valence-corrected chi connectivity index (χ4v) is 0.736. The van der Waals surface area contributed by atoms with E-state index in [0.29, 0.717) is 5.69 Å². The SMILES string of the molecule is Nc1ccccc1[CH]C=O. The molecule has 2 N–H and O–H groups in total. The van der Waals surface area contributed by atoms with Crippen LogP contribution in [0.2, 0.25) is 0 Å². The van der Waals surface area contributed by atoms with Crippen LogP contribution in [0.25, 0.3) is 0 Å². The Bertz CT molecular complexity index is 232. The second kappa shape index (κ2) is 3.01. The Hall–Kier alpha value is -1.31. The molecule has 1 aromatic carbocycles. The van der Waals surface area contributed by atoms with Crippen molar-refractivity contribution in [3.05, 3.63) is 36.2 Å². The van der Waals surface area contributed by atoms with Crippen LogP contribution in [0.1, 0.15) is 5.56 Å². The van der Waals surface area contributed by atoms with Crippen molar-refractivity contribution < 1.29 is 4.79 Å². The number of nitrogens with two attached hydrogens (primary N) is 1. The standard InChI is InChI=1S/C8H8NO/c9-8-4-2-1-3-7(8)5-6-10/h1-6H,9H2. The molecule has 0 saturated carbocycles. The third kappa shape index (κ3) is 1.35. The highest BCUT2D eigenvalue weighted by atomic mass is 16.1. The van der Waals surface area contributed by atoms with Gasteiger partial charge in [0, 0.05) is 5.69 Å². The van der Waals surface area contributed by atoms with Crippen LogP contribution in [0.3, 0.4) is 0 Å². The highest BCUT2D eigenvalue weighted by molar-refractivity contribution is 5.72. The Kier molecular flexibility index (Phi) is 2.05. The maximum Gasteiger partial charge on any atom is 0.128 e. The van der Waals surface area contributed by atoms with E-state index >= 15 is 0 Å². The Balaban J connectivity index is 2.91. The van der Waals surface area contributed by atoms with Crippen molar-refractivity contribution in [2.24, 2.45) is 0 Å². The van der Waals surface area contributed by atoms with Gasteiger partial charge in [-0.3, -0.25) is 0 Å². The maximum absolute atomic E-state index is 10.0. The number of hydrogen-bond acceptors (Lipinski definition) is 2. The van der Waals surface area contributed by atoms with Crippen LogP contribution in [-0.4, -0.2) is 6.29 Å². The van der Waals surface area contributed by atoms with Crippen molar-refractivity contribution >= 4 is 12.0 Å². The van der Waals surface area contributed by atoms with Gasteiger partial charge in [0.2, 0.25) is 0 Å². The summed E-state index contributed by atoms with van der Waals surface area (Å²) in [5, 5.41) is 0. The van der Waals surface area contributed by atoms with Crippen molar-refractivity contribution in [2.45, 2.75) is 0 Å². The second-order valence-electron chi connectivity index (χ2n) is 1.93. The molecule has 0 fully saturated rings. The molecule has 0 saturated heterocycles. The van der Waals surface area contributed by atoms with Gasteiger partial charge in [0.1, 0.15) is 6.29 Å². The van der Waals surface area contributed by atoms with E-state index in [2.05, 4.69) is 0 Å². The van der Waals surface area contributed by atoms with E-state index in [1.165, 1.54) is 6.42 Å². The molecule has 0 bridgehead atoms. The minimum Gasteiger partial charge on any atom is -0.398 e. The van der Waals surface area contributed by atoms with Crippen molar-refractivity contribution in [2.75, 3.05) is 5.73 Å². The lowest BCUT2D eigenvalue weighted by Gasteiger charge is -1.97. The first kappa shape index (κ1) is 6.81. The molecule has 0 heterocycles. The number of nitrogen functional groups attached to an aromatic ring is 1. The molecule has 2 heteroatoms. The zero-order valence-corrected chi connectivity index (χ0v) is 5.45. The molecule has 10 heavy (non-hydrogen) atoms. The molecule has 2 nitrogen and oxygen atoms in total. The molecule has 0 aliphatic carbocycles. The summed E-state index contributed by atoms with van der Waals surface area (Å²) < 4.78 is 0. The third-order valence-corrected chi connectivity index (χ3v) is 1.24. The average Bonchev–Trinajstić information content (AvgIpc) is 1.94. The predicted molar refractivity (Wildman–Crippen MR) is 40.3 cm³/mol. The van der Waals surface area contributed by atoms with E-state index in [0.717, 1.165) is 11.8 Å². The maximum atomic E-state index is 10.0. The minimum absolute atomic E-state index is 0.634. The molecule has 0 aromatic heterocycles. The van der Waals surface area contributed by atoms with Gasteiger partial charge < -0.3 is 10.5 Å². The molecule has 51 valence electrons. The summed E-state index contributed by atoms with van der Waals surface area (Å²) in [4.78, 5) is 10.0. The van der Waals surface area contributed by atoms with Crippen LogP contribution in [0.4, 0.5) is 5.69 Å². The molecule has 0 atom stereocenters. The highest BCUT2D eigenvalue weighted by Crippen LogP contribution is 2.10. The van der Waals surface area contributed by atoms with Gasteiger partial charge in [-0.25, -0.2) is 0 Å². The molecule has 0 aliphatic heterocycles. The second-order valence-corrected chi connectivity index (χ2v) is 1.93. The van der Waals surface area contributed by atoms with E-state index in [4.69, 9.17) is 5.73 Å². The molecule has 1 rings (SSSR count). The van der Waals surface area contributed by atoms with Crippen molar-refractivity contribution in [3.8, 4) is 0 Å². The topological polar surface area (TPSA) is 43.1 Å². The van der Waals surface area contributed by atoms with Crippen molar-refractivity contribution in [1.29, 1.82) is 0 Å². The zero-order chi connectivity index (χ0) is 7.40. The molecule has 1 radical (unpaired) electrons. The fourth-order valence-electron chi connectivity index (χ4n) is 0.736. The summed E-state index contributed by atoms with van der Waals surface area (Å²) in [5.41, 5.74) is 6.93. The van der Waals surface area contributed by atoms with Crippen molar-refractivity contribution in [3.63, 3.8) is 0 Å². The molecule has 0 spiro atoms. The van der Waals surface area contributed by atoms with Crippen LogP contribution in [0.5, 0.6) is 0 Å². The smallest absolute Gasteiger partial charge is 0.128 e. The first-order valence-electron chi connectivity index (χ1n) is 2.97. The van der Waals surface area contributed by atoms with Gasteiger partial charge in [-0.05, 0) is 11.6 Å². The van der Waals surface area contributed by atoms with E-state index in [1.807, 2.05) is 12.1 Å². The molecule has 0 aliphatic rings. The molecule has 1 aromatic rings. The highest BCUT2D eigenvalue weighted by Gasteiger charge is 1.94. The number of benzene rings is 1. The van der Waals surface area contributed by atoms with Gasteiger partial charge in [0.15, 0.2) is 0 Å². The van der Waals surface area contributed by atoms with E-state index in [9.17, 15) is 4.79 Å². The van der Waals surface area contributed by atoms with Gasteiger partial charge in [-0.15, -0.1) is 0 Å². The Morgan fingerprint density at radius 1 is 1.30 bits per heavy atom. The Morgan fingerprint density at radius 3 is 2.60 bits per heavy atom. The van der Waals surface area contributed by atoms with Crippen LogP contribution < -0.4 is 5.73 Å². The number of anilines is 1. The number of aldehydes is 1. The summed E-state index contributed by atoms with van der Waals surface area (Å²) in [5.74, 6) is 0. The molecular formula is C8H8NO. The van der Waals surface area contributed by atoms with Gasteiger partial charge in [-0.2, -0.15) is 0 Å². The van der Waals surface area contributed by atoms with Crippen LogP contribution in [-0.2, 0) is 4.79 Å². The average molecular weight is 134 g/mol. The predicted octanol–water partition coefficient (Wildman–Crippen LogP) is 1.02. The van der Waals surface area contributed by atoms with Gasteiger partial charge in [0.05, 0.1) is 6.42 Å². The number of carbonyl (C=O) groups excluding carboxylic acids is 1. The van der Waals surface area contributed by atoms with E-state index < -0.39 is 0 Å². The Morgan fingerprint density at radius 2 is 2.00 bits per heavy atom. The summed E-state index contributed by atoms with van der Waals surface area (Å²) >= 11 is 0. The third-order valence-electron chi connectivity index (χ3n) is 1.24. The quantitative estimate of drug-likeness (QED) is 0.484. The van der Waals surface area contributed by atoms with Gasteiger partial charge in [0.25, 0.3) is 0 Å². The van der Waals surface area contributed by atoms with Gasteiger partial charge >= 0.3 is 0 Å². The first-order chi connectivity index (χ1) is 4.84. The van der Waals surface area contributed by atoms with Crippen LogP contribution in [0, 0.1) is 6.42 Å². The van der Waals surface area contributed by atoms with E-state index in [1.54, 1.807) is 12.1 Å². The van der Waals surface area contributed by atoms with Crippen LogP contribution in [0.15, 0.2) is 24.3 Å². The zero-order valence-electron chi connectivity index (χ0n) is 5.45. The number of carbonyl (C=O) groups is 1. The normalized spacial score (nSPS) is 9.20. The number of hydrogen-bond donors (Lipinski definition) is 1. The summed E-state index contributed by atoms with van der Waals surface area (Å²) in [7, 11) is 0. The summed E-state index contributed by atoms with van der Waals surface area (Å²) in [6.45, 7) is 0. The summed E-state index contributed by atoms with van der Waals surface area (Å²) in [6.07, 6.45) is 2.17. The van der Waals surface area contributed by atoms with Crippen LogP contribution >= 0.6 is 0 Å². The number of para-hydroxylation sites is 1. The fraction of sp³-hybridized carbons (Fsp3) is 0. The molecule has 0 unspecified atom stereocenters. The monoisotopic (exact) mass is 134 g/mol. The Labute approximate surface area is 59.7 Å². The lowest BCUT2D eigenvalue weighted by atomic mass is 10.1. The van der Waals surface area contributed by atoms with E-state index in [-0.39, 0.29) is 0 Å². The largest absolute Gasteiger partial charge is 0.398 e. The van der Waals surface area contributed by atoms with Gasteiger partial charge in [-0.1, -0.05) is 18.2 Å². The molecular weight excluding hydrogens is 126 g/mol. The lowest BCUT2D eigenvalue weighted by Crippen LogP contribution is -1.91. The number of rotatable bonds is 2. The minimum atomic E-state index is 0.634.